The van der Waals surface area contributed by atoms with Crippen LogP contribution >= 0.6 is 11.6 Å². The summed E-state index contributed by atoms with van der Waals surface area (Å²) in [5, 5.41) is 0.773. The number of amides is 1. The second-order valence-corrected chi connectivity index (χ2v) is 8.01. The van der Waals surface area contributed by atoms with Crippen LogP contribution in [0.15, 0.2) is 48.5 Å². The number of benzene rings is 2. The minimum atomic E-state index is -0.0160. The van der Waals surface area contributed by atoms with Crippen molar-refractivity contribution in [2.24, 2.45) is 0 Å². The zero-order chi connectivity index (χ0) is 18.8. The Morgan fingerprint density at radius 3 is 2.63 bits per heavy atom. The first-order chi connectivity index (χ1) is 13.1. The Balaban J connectivity index is 1.41. The van der Waals surface area contributed by atoms with Crippen molar-refractivity contribution in [2.75, 3.05) is 42.5 Å². The molecule has 0 aliphatic carbocycles. The minimum Gasteiger partial charge on any atom is -0.360 e. The lowest BCUT2D eigenvalue weighted by molar-refractivity contribution is -0.914. The molecular weight excluding hydrogens is 358 g/mol. The van der Waals surface area contributed by atoms with Gasteiger partial charge in [0.2, 0.25) is 0 Å². The summed E-state index contributed by atoms with van der Waals surface area (Å²) in [5.74, 6) is 0.258. The van der Waals surface area contributed by atoms with E-state index in [0.717, 1.165) is 56.3 Å². The molecule has 0 bridgehead atoms. The molecule has 0 unspecified atom stereocenters. The van der Waals surface area contributed by atoms with Crippen molar-refractivity contribution in [2.45, 2.75) is 25.8 Å². The highest BCUT2D eigenvalue weighted by Gasteiger charge is 2.34. The fourth-order valence-electron chi connectivity index (χ4n) is 4.33. The van der Waals surface area contributed by atoms with E-state index < -0.39 is 0 Å². The van der Waals surface area contributed by atoms with Crippen LogP contribution in [0.25, 0.3) is 0 Å². The standard InChI is InChI=1S/C22H26ClN3O/c1-17(22(27)26-11-5-7-18-6-2-3-10-21(18)26)24-12-14-25(15-13-24)20-9-4-8-19(23)16-20/h2-4,6,8-10,16-17H,5,7,11-15H2,1H3/p+1/t17-/m1/s1. The number of halogens is 1. The second kappa shape index (κ2) is 7.91. The van der Waals surface area contributed by atoms with Crippen molar-refractivity contribution in [3.05, 3.63) is 59.1 Å². The van der Waals surface area contributed by atoms with Crippen LogP contribution in [0.5, 0.6) is 0 Å². The van der Waals surface area contributed by atoms with E-state index in [1.807, 2.05) is 29.2 Å². The van der Waals surface area contributed by atoms with E-state index in [1.165, 1.54) is 16.2 Å². The van der Waals surface area contributed by atoms with Crippen LogP contribution in [0.1, 0.15) is 18.9 Å². The number of nitrogens with zero attached hydrogens (tertiary/aromatic N) is 2. The minimum absolute atomic E-state index is 0.0160. The van der Waals surface area contributed by atoms with Crippen LogP contribution < -0.4 is 14.7 Å². The third-order valence-corrected chi connectivity index (χ3v) is 6.17. The first-order valence-corrected chi connectivity index (χ1v) is 10.3. The van der Waals surface area contributed by atoms with Gasteiger partial charge in [0.05, 0.1) is 26.2 Å². The van der Waals surface area contributed by atoms with E-state index in [-0.39, 0.29) is 11.9 Å². The highest BCUT2D eigenvalue weighted by atomic mass is 35.5. The van der Waals surface area contributed by atoms with E-state index >= 15 is 0 Å². The molecule has 2 aromatic carbocycles. The normalized spacial score (nSPS) is 18.9. The van der Waals surface area contributed by atoms with Gasteiger partial charge in [0.15, 0.2) is 6.04 Å². The Morgan fingerprint density at radius 2 is 1.85 bits per heavy atom. The molecule has 0 saturated carbocycles. The lowest BCUT2D eigenvalue weighted by Gasteiger charge is -2.38. The second-order valence-electron chi connectivity index (χ2n) is 7.57. The Labute approximate surface area is 166 Å². The summed E-state index contributed by atoms with van der Waals surface area (Å²) < 4.78 is 0. The van der Waals surface area contributed by atoms with Gasteiger partial charge in [-0.15, -0.1) is 0 Å². The van der Waals surface area contributed by atoms with E-state index in [0.29, 0.717) is 0 Å². The molecule has 4 rings (SSSR count). The van der Waals surface area contributed by atoms with Gasteiger partial charge in [-0.25, -0.2) is 0 Å². The quantitative estimate of drug-likeness (QED) is 0.880. The lowest BCUT2D eigenvalue weighted by Crippen LogP contribution is -3.19. The molecule has 0 spiro atoms. The van der Waals surface area contributed by atoms with Crippen molar-refractivity contribution in [3.63, 3.8) is 0 Å². The Kier molecular flexibility index (Phi) is 5.37. The molecule has 0 radical (unpaired) electrons. The van der Waals surface area contributed by atoms with Gasteiger partial charge in [-0.05, 0) is 49.6 Å². The number of aryl methyl sites for hydroxylation is 1. The predicted octanol–water partition coefficient (Wildman–Crippen LogP) is 2.41. The maximum absolute atomic E-state index is 13.2. The van der Waals surface area contributed by atoms with Crippen LogP contribution in [0.3, 0.4) is 0 Å². The number of quaternary nitrogens is 1. The van der Waals surface area contributed by atoms with Crippen molar-refractivity contribution in [1.82, 2.24) is 0 Å². The summed E-state index contributed by atoms with van der Waals surface area (Å²) in [4.78, 5) is 19.0. The molecule has 1 N–H and O–H groups in total. The molecule has 1 amide bonds. The summed E-state index contributed by atoms with van der Waals surface area (Å²) in [7, 11) is 0. The fourth-order valence-corrected chi connectivity index (χ4v) is 4.51. The van der Waals surface area contributed by atoms with Gasteiger partial charge in [-0.3, -0.25) is 4.79 Å². The number of anilines is 2. The first-order valence-electron chi connectivity index (χ1n) is 9.88. The molecule has 1 atom stereocenters. The van der Waals surface area contributed by atoms with Crippen LogP contribution in [0, 0.1) is 0 Å². The zero-order valence-corrected chi connectivity index (χ0v) is 16.6. The maximum Gasteiger partial charge on any atom is 0.284 e. The SMILES string of the molecule is C[C@H](C(=O)N1CCCc2ccccc21)[NH+]1CCN(c2cccc(Cl)c2)CC1. The number of para-hydroxylation sites is 1. The van der Waals surface area contributed by atoms with Crippen LogP contribution in [0.2, 0.25) is 5.02 Å². The summed E-state index contributed by atoms with van der Waals surface area (Å²) in [6.07, 6.45) is 2.12. The highest BCUT2D eigenvalue weighted by molar-refractivity contribution is 6.30. The Morgan fingerprint density at radius 1 is 1.07 bits per heavy atom. The molecule has 2 aliphatic heterocycles. The zero-order valence-electron chi connectivity index (χ0n) is 15.8. The molecule has 142 valence electrons. The van der Waals surface area contributed by atoms with Gasteiger partial charge in [0.1, 0.15) is 0 Å². The van der Waals surface area contributed by atoms with Crippen molar-refractivity contribution in [3.8, 4) is 0 Å². The third-order valence-electron chi connectivity index (χ3n) is 5.94. The largest absolute Gasteiger partial charge is 0.360 e. The van der Waals surface area contributed by atoms with Crippen molar-refractivity contribution in [1.29, 1.82) is 0 Å². The average molecular weight is 385 g/mol. The number of nitrogens with one attached hydrogen (secondary N) is 1. The smallest absolute Gasteiger partial charge is 0.284 e. The fraction of sp³-hybridized carbons (Fsp3) is 0.409. The van der Waals surface area contributed by atoms with Crippen molar-refractivity contribution < 1.29 is 9.69 Å². The molecule has 0 aromatic heterocycles. The number of hydrogen-bond donors (Lipinski definition) is 1. The van der Waals surface area contributed by atoms with Crippen molar-refractivity contribution >= 4 is 28.9 Å². The topological polar surface area (TPSA) is 28.0 Å². The summed E-state index contributed by atoms with van der Waals surface area (Å²) >= 11 is 6.13. The van der Waals surface area contributed by atoms with E-state index in [9.17, 15) is 4.79 Å². The number of piperazine rings is 1. The summed E-state index contributed by atoms with van der Waals surface area (Å²) in [6.45, 7) is 6.75. The average Bonchev–Trinajstić information content (AvgIpc) is 2.72. The summed E-state index contributed by atoms with van der Waals surface area (Å²) in [6, 6.07) is 16.4. The van der Waals surface area contributed by atoms with Crippen LogP contribution in [-0.4, -0.2) is 44.7 Å². The van der Waals surface area contributed by atoms with Crippen LogP contribution in [-0.2, 0) is 11.2 Å². The maximum atomic E-state index is 13.2. The number of carbonyl (C=O) groups excluding carboxylic acids is 1. The Bertz CT molecular complexity index is 817. The molecule has 2 heterocycles. The number of rotatable bonds is 3. The number of fused-ring (bicyclic) bond motifs is 1. The predicted molar refractivity (Wildman–Crippen MR) is 111 cm³/mol. The molecule has 5 heteroatoms. The number of hydrogen-bond acceptors (Lipinski definition) is 2. The van der Waals surface area contributed by atoms with E-state index in [2.05, 4.69) is 36.1 Å². The molecule has 1 saturated heterocycles. The van der Waals surface area contributed by atoms with Gasteiger partial charge >= 0.3 is 0 Å². The summed E-state index contributed by atoms with van der Waals surface area (Å²) in [5.41, 5.74) is 3.58. The van der Waals surface area contributed by atoms with Crippen LogP contribution in [0.4, 0.5) is 11.4 Å². The molecule has 27 heavy (non-hydrogen) atoms. The highest BCUT2D eigenvalue weighted by Crippen LogP contribution is 2.27. The number of carbonyl (C=O) groups is 1. The Hall–Kier alpha value is -2.04. The van der Waals surface area contributed by atoms with Gasteiger partial charge in [0.25, 0.3) is 5.91 Å². The molecule has 4 nitrogen and oxygen atoms in total. The molecule has 1 fully saturated rings. The van der Waals surface area contributed by atoms with E-state index in [1.54, 1.807) is 0 Å². The van der Waals surface area contributed by atoms with Gasteiger partial charge in [-0.2, -0.15) is 0 Å². The molecular formula is C22H27ClN3O+. The third kappa shape index (κ3) is 3.83. The molecule has 2 aromatic rings. The molecule has 2 aliphatic rings. The lowest BCUT2D eigenvalue weighted by atomic mass is 10.0. The van der Waals surface area contributed by atoms with Gasteiger partial charge < -0.3 is 14.7 Å². The van der Waals surface area contributed by atoms with Gasteiger partial charge in [0, 0.05) is 22.9 Å². The van der Waals surface area contributed by atoms with E-state index in [4.69, 9.17) is 11.6 Å². The van der Waals surface area contributed by atoms with Gasteiger partial charge in [-0.1, -0.05) is 35.9 Å². The monoisotopic (exact) mass is 384 g/mol. The first kappa shape index (κ1) is 18.3.